The lowest BCUT2D eigenvalue weighted by Crippen LogP contribution is -2.42. The number of rotatable bonds is 13. The molecule has 1 fully saturated rings. The fourth-order valence-electron chi connectivity index (χ4n) is 5.41. The van der Waals surface area contributed by atoms with Crippen LogP contribution in [0.5, 0.6) is 0 Å². The Balaban J connectivity index is 1.36. The van der Waals surface area contributed by atoms with Crippen LogP contribution >= 0.6 is 0 Å². The van der Waals surface area contributed by atoms with Gasteiger partial charge in [0.25, 0.3) is 5.91 Å². The molecular formula is C32H42N8O4. The van der Waals surface area contributed by atoms with E-state index in [-0.39, 0.29) is 30.1 Å². The van der Waals surface area contributed by atoms with Crippen molar-refractivity contribution < 1.29 is 19.2 Å². The number of aliphatic imine (C=N–C) groups is 1. The van der Waals surface area contributed by atoms with Crippen molar-refractivity contribution in [2.45, 2.75) is 46.0 Å². The van der Waals surface area contributed by atoms with Crippen LogP contribution in [0.15, 0.2) is 47.1 Å². The number of nitrogens with one attached hydrogen (secondary N) is 3. The maximum Gasteiger partial charge on any atom is 0.255 e. The van der Waals surface area contributed by atoms with Crippen molar-refractivity contribution >= 4 is 53.2 Å². The predicted molar refractivity (Wildman–Crippen MR) is 172 cm³/mol. The highest BCUT2D eigenvalue weighted by Crippen LogP contribution is 2.29. The topological polar surface area (TPSA) is 162 Å². The van der Waals surface area contributed by atoms with Gasteiger partial charge in [-0.25, -0.2) is 9.98 Å². The Kier molecular flexibility index (Phi) is 11.4. The molecule has 3 heterocycles. The van der Waals surface area contributed by atoms with Crippen LogP contribution in [0.4, 0.5) is 17.2 Å². The highest BCUT2D eigenvalue weighted by atomic mass is 16.2. The van der Waals surface area contributed by atoms with Crippen LogP contribution in [-0.4, -0.2) is 79.1 Å². The van der Waals surface area contributed by atoms with E-state index in [2.05, 4.69) is 30.8 Å². The minimum Gasteiger partial charge on any atom is -0.387 e. The van der Waals surface area contributed by atoms with Gasteiger partial charge in [-0.2, -0.15) is 0 Å². The molecule has 0 radical (unpaired) electrons. The first-order chi connectivity index (χ1) is 21.3. The van der Waals surface area contributed by atoms with Gasteiger partial charge in [0.2, 0.25) is 18.2 Å². The standard InChI is InChI=1S/C32H42N8O4/c1-3-13-40(14-4-2)32(44)25-17-23-5-6-24(18-27(23)38-28(33)19-25)31(43)37-26-7-8-29(36-20-26)39-15-9-22(10-16-39)30(42)35-12-11-34-21-41/h5-8,17-18,20-22H,3-4,9-16,19H2,1-2H3,(H2,33,38)(H,34,41)(H,35,42)(H,37,43). The molecule has 0 atom stereocenters. The number of fused-ring (bicyclic) bond motifs is 1. The molecule has 12 heteroatoms. The zero-order valence-corrected chi connectivity index (χ0v) is 25.5. The number of aromatic nitrogens is 1. The van der Waals surface area contributed by atoms with E-state index >= 15 is 0 Å². The number of carbonyl (C=O) groups excluding carboxylic acids is 4. The number of anilines is 2. The molecule has 0 bridgehead atoms. The number of carbonyl (C=O) groups is 4. The number of piperidine rings is 1. The third-order valence-electron chi connectivity index (χ3n) is 7.65. The van der Waals surface area contributed by atoms with Crippen LogP contribution in [-0.2, 0) is 14.4 Å². The number of nitrogens with zero attached hydrogens (tertiary/aromatic N) is 4. The number of hydrogen-bond donors (Lipinski definition) is 4. The van der Waals surface area contributed by atoms with Crippen molar-refractivity contribution in [2.24, 2.45) is 16.6 Å². The molecule has 4 amide bonds. The zero-order chi connectivity index (χ0) is 31.5. The van der Waals surface area contributed by atoms with Crippen LogP contribution in [0.2, 0.25) is 0 Å². The highest BCUT2D eigenvalue weighted by Gasteiger charge is 2.26. The number of amidine groups is 1. The van der Waals surface area contributed by atoms with Crippen molar-refractivity contribution in [3.63, 3.8) is 0 Å². The second-order valence-corrected chi connectivity index (χ2v) is 11.0. The van der Waals surface area contributed by atoms with Crippen molar-refractivity contribution in [3.8, 4) is 0 Å². The Morgan fingerprint density at radius 2 is 1.82 bits per heavy atom. The van der Waals surface area contributed by atoms with Crippen LogP contribution in [0.3, 0.4) is 0 Å². The zero-order valence-electron chi connectivity index (χ0n) is 25.5. The summed E-state index contributed by atoms with van der Waals surface area (Å²) < 4.78 is 0. The van der Waals surface area contributed by atoms with E-state index in [1.54, 1.807) is 30.5 Å². The number of amides is 4. The molecule has 0 aliphatic carbocycles. The molecule has 0 unspecified atom stereocenters. The molecule has 0 spiro atoms. The van der Waals surface area contributed by atoms with Gasteiger partial charge in [0.1, 0.15) is 11.7 Å². The summed E-state index contributed by atoms with van der Waals surface area (Å²) >= 11 is 0. The molecule has 1 saturated heterocycles. The van der Waals surface area contributed by atoms with E-state index in [0.717, 1.165) is 24.2 Å². The monoisotopic (exact) mass is 602 g/mol. The molecule has 2 aliphatic heterocycles. The third-order valence-corrected chi connectivity index (χ3v) is 7.65. The van der Waals surface area contributed by atoms with Gasteiger partial charge in [-0.3, -0.25) is 19.2 Å². The van der Waals surface area contributed by atoms with E-state index in [1.165, 1.54) is 0 Å². The molecule has 4 rings (SSSR count). The van der Waals surface area contributed by atoms with E-state index < -0.39 is 0 Å². The number of pyridine rings is 1. The molecule has 1 aromatic carbocycles. The van der Waals surface area contributed by atoms with E-state index in [0.29, 0.717) is 86.9 Å². The summed E-state index contributed by atoms with van der Waals surface area (Å²) in [6.45, 7) is 7.68. The Morgan fingerprint density at radius 1 is 1.07 bits per heavy atom. The predicted octanol–water partition coefficient (Wildman–Crippen LogP) is 2.84. The van der Waals surface area contributed by atoms with Gasteiger partial charge in [0.15, 0.2) is 0 Å². The van der Waals surface area contributed by atoms with Gasteiger partial charge in [-0.1, -0.05) is 19.9 Å². The second kappa shape index (κ2) is 15.6. The quantitative estimate of drug-likeness (QED) is 0.202. The summed E-state index contributed by atoms with van der Waals surface area (Å²) in [4.78, 5) is 62.0. The molecule has 2 aromatic rings. The number of benzene rings is 1. The molecule has 234 valence electrons. The molecule has 12 nitrogen and oxygen atoms in total. The van der Waals surface area contributed by atoms with E-state index in [1.807, 2.05) is 30.9 Å². The van der Waals surface area contributed by atoms with Crippen molar-refractivity contribution in [3.05, 3.63) is 53.2 Å². The first-order valence-electron chi connectivity index (χ1n) is 15.3. The highest BCUT2D eigenvalue weighted by molar-refractivity contribution is 6.07. The van der Waals surface area contributed by atoms with Gasteiger partial charge < -0.3 is 31.5 Å². The average molecular weight is 603 g/mol. The first kappa shape index (κ1) is 32.2. The van der Waals surface area contributed by atoms with Crippen molar-refractivity contribution in [2.75, 3.05) is 49.5 Å². The van der Waals surface area contributed by atoms with Crippen molar-refractivity contribution in [1.82, 2.24) is 20.5 Å². The van der Waals surface area contributed by atoms with Crippen LogP contribution in [0, 0.1) is 5.92 Å². The summed E-state index contributed by atoms with van der Waals surface area (Å²) in [7, 11) is 0. The van der Waals surface area contributed by atoms with Crippen LogP contribution in [0.25, 0.3) is 6.08 Å². The Morgan fingerprint density at radius 3 is 2.48 bits per heavy atom. The minimum absolute atomic E-state index is 0.00471. The van der Waals surface area contributed by atoms with E-state index in [9.17, 15) is 19.2 Å². The summed E-state index contributed by atoms with van der Waals surface area (Å²) in [5, 5.41) is 8.27. The Hall–Kier alpha value is -4.74. The number of hydrogen-bond acceptors (Lipinski definition) is 8. The number of nitrogens with two attached hydrogens (primary N) is 1. The lowest BCUT2D eigenvalue weighted by atomic mass is 9.96. The average Bonchev–Trinajstić information content (AvgIpc) is 3.20. The SMILES string of the molecule is CCCN(CCC)C(=O)C1=Cc2ccc(C(=O)Nc3ccc(N4CCC(C(=O)NCCNC=O)CC4)nc3)cc2N=C(N)C1. The maximum absolute atomic E-state index is 13.2. The van der Waals surface area contributed by atoms with Gasteiger partial charge in [0.05, 0.1) is 17.6 Å². The summed E-state index contributed by atoms with van der Waals surface area (Å²) in [6, 6.07) is 8.83. The second-order valence-electron chi connectivity index (χ2n) is 11.0. The molecule has 1 aromatic heterocycles. The molecule has 5 N–H and O–H groups in total. The first-order valence-corrected chi connectivity index (χ1v) is 15.3. The lowest BCUT2D eigenvalue weighted by Gasteiger charge is -2.32. The van der Waals surface area contributed by atoms with Crippen LogP contribution < -0.4 is 26.6 Å². The minimum atomic E-state index is -0.312. The fraction of sp³-hybridized carbons (Fsp3) is 0.438. The van der Waals surface area contributed by atoms with Gasteiger partial charge in [-0.15, -0.1) is 0 Å². The van der Waals surface area contributed by atoms with Crippen LogP contribution in [0.1, 0.15) is 61.9 Å². The third kappa shape index (κ3) is 8.42. The van der Waals surface area contributed by atoms with Crippen molar-refractivity contribution in [1.29, 1.82) is 0 Å². The molecule has 0 saturated carbocycles. The summed E-state index contributed by atoms with van der Waals surface area (Å²) in [5.41, 5.74) is 9.02. The Labute approximate surface area is 258 Å². The molecule has 2 aliphatic rings. The summed E-state index contributed by atoms with van der Waals surface area (Å²) in [5.74, 6) is 0.692. The fourth-order valence-corrected chi connectivity index (χ4v) is 5.41. The summed E-state index contributed by atoms with van der Waals surface area (Å²) in [6.07, 6.45) is 7.47. The van der Waals surface area contributed by atoms with Gasteiger partial charge in [0, 0.05) is 68.3 Å². The van der Waals surface area contributed by atoms with Gasteiger partial charge >= 0.3 is 0 Å². The van der Waals surface area contributed by atoms with Gasteiger partial charge in [-0.05, 0) is 56.0 Å². The molecular weight excluding hydrogens is 560 g/mol. The van der Waals surface area contributed by atoms with E-state index in [4.69, 9.17) is 5.73 Å². The lowest BCUT2D eigenvalue weighted by molar-refractivity contribution is -0.127. The maximum atomic E-state index is 13.2. The Bertz CT molecular complexity index is 1390. The largest absolute Gasteiger partial charge is 0.387 e. The normalized spacial score (nSPS) is 14.8. The smallest absolute Gasteiger partial charge is 0.255 e. The molecule has 44 heavy (non-hydrogen) atoms.